The zero-order valence-corrected chi connectivity index (χ0v) is 12.0. The molecular formula is C13H15Cl2NO2. The highest BCUT2D eigenvalue weighted by atomic mass is 35.5. The summed E-state index contributed by atoms with van der Waals surface area (Å²) < 4.78 is 5.49. The fourth-order valence-corrected chi connectivity index (χ4v) is 1.67. The normalized spacial score (nSPS) is 12.5. The van der Waals surface area contributed by atoms with Crippen LogP contribution in [0.5, 0.6) is 5.75 Å². The minimum Gasteiger partial charge on any atom is -0.479 e. The van der Waals surface area contributed by atoms with Crippen molar-refractivity contribution in [2.75, 3.05) is 14.1 Å². The van der Waals surface area contributed by atoms with E-state index in [2.05, 4.69) is 0 Å². The lowest BCUT2D eigenvalue weighted by molar-refractivity contribution is -0.120. The third-order valence-electron chi connectivity index (χ3n) is 2.15. The molecule has 0 amide bonds. The molecule has 1 atom stereocenters. The molecule has 0 aliphatic heterocycles. The van der Waals surface area contributed by atoms with Crippen LogP contribution in [0.1, 0.15) is 6.92 Å². The summed E-state index contributed by atoms with van der Waals surface area (Å²) in [6.07, 6.45) is 2.48. The predicted molar refractivity (Wildman–Crippen MR) is 74.4 cm³/mol. The van der Waals surface area contributed by atoms with Gasteiger partial charge in [0.1, 0.15) is 0 Å². The number of ketones is 1. The average molecular weight is 288 g/mol. The highest BCUT2D eigenvalue weighted by Gasteiger charge is 2.15. The van der Waals surface area contributed by atoms with Crippen LogP contribution in [0.3, 0.4) is 0 Å². The maximum Gasteiger partial charge on any atom is 0.197 e. The molecule has 1 unspecified atom stereocenters. The van der Waals surface area contributed by atoms with Crippen LogP contribution in [-0.2, 0) is 4.79 Å². The number of ether oxygens (including phenoxy) is 1. The lowest BCUT2D eigenvalue weighted by Gasteiger charge is -2.14. The molecule has 18 heavy (non-hydrogen) atoms. The summed E-state index contributed by atoms with van der Waals surface area (Å²) >= 11 is 11.9. The fourth-order valence-electron chi connectivity index (χ4n) is 1.19. The number of benzene rings is 1. The van der Waals surface area contributed by atoms with Crippen molar-refractivity contribution >= 4 is 29.0 Å². The first-order valence-electron chi connectivity index (χ1n) is 5.41. The second kappa shape index (κ2) is 6.66. The van der Waals surface area contributed by atoms with Crippen molar-refractivity contribution in [3.8, 4) is 5.75 Å². The van der Waals surface area contributed by atoms with Crippen LogP contribution in [0.2, 0.25) is 10.0 Å². The summed E-state index contributed by atoms with van der Waals surface area (Å²) in [7, 11) is 3.67. The zero-order chi connectivity index (χ0) is 13.7. The second-order valence-electron chi connectivity index (χ2n) is 3.99. The van der Waals surface area contributed by atoms with E-state index in [1.54, 1.807) is 36.2 Å². The van der Waals surface area contributed by atoms with Gasteiger partial charge in [-0.25, -0.2) is 0 Å². The molecule has 98 valence electrons. The van der Waals surface area contributed by atoms with Gasteiger partial charge in [-0.15, -0.1) is 0 Å². The van der Waals surface area contributed by atoms with Crippen LogP contribution in [0.25, 0.3) is 0 Å². The van der Waals surface area contributed by atoms with E-state index in [0.717, 1.165) is 0 Å². The van der Waals surface area contributed by atoms with Crippen molar-refractivity contribution in [3.63, 3.8) is 0 Å². The summed E-state index contributed by atoms with van der Waals surface area (Å²) in [4.78, 5) is 13.5. The van der Waals surface area contributed by atoms with E-state index in [4.69, 9.17) is 27.9 Å². The van der Waals surface area contributed by atoms with Gasteiger partial charge in [-0.3, -0.25) is 4.79 Å². The number of carbonyl (C=O) groups is 1. The number of nitrogens with zero attached hydrogens (tertiary/aromatic N) is 1. The molecule has 0 radical (unpaired) electrons. The quantitative estimate of drug-likeness (QED) is 0.778. The average Bonchev–Trinajstić information content (AvgIpc) is 2.30. The molecule has 0 saturated heterocycles. The van der Waals surface area contributed by atoms with Gasteiger partial charge in [-0.05, 0) is 19.1 Å². The van der Waals surface area contributed by atoms with E-state index >= 15 is 0 Å². The minimum absolute atomic E-state index is 0.153. The van der Waals surface area contributed by atoms with Gasteiger partial charge in [0.05, 0.1) is 10.0 Å². The Morgan fingerprint density at radius 1 is 1.33 bits per heavy atom. The molecule has 0 aliphatic carbocycles. The molecule has 0 aromatic heterocycles. The Bertz CT molecular complexity index is 438. The molecule has 1 rings (SSSR count). The Labute approximate surface area is 117 Å². The Kier molecular flexibility index (Phi) is 5.51. The zero-order valence-electron chi connectivity index (χ0n) is 10.5. The number of hydrogen-bond donors (Lipinski definition) is 0. The van der Waals surface area contributed by atoms with Crippen molar-refractivity contribution < 1.29 is 9.53 Å². The van der Waals surface area contributed by atoms with E-state index in [1.807, 2.05) is 14.1 Å². The van der Waals surface area contributed by atoms with Crippen molar-refractivity contribution in [2.45, 2.75) is 13.0 Å². The third kappa shape index (κ3) is 4.24. The Hall–Kier alpha value is -1.19. The first-order valence-corrected chi connectivity index (χ1v) is 6.16. The monoisotopic (exact) mass is 287 g/mol. The molecule has 0 saturated carbocycles. The van der Waals surface area contributed by atoms with Crippen LogP contribution >= 0.6 is 23.2 Å². The van der Waals surface area contributed by atoms with Crippen LogP contribution in [0.15, 0.2) is 30.5 Å². The lowest BCUT2D eigenvalue weighted by Crippen LogP contribution is -2.22. The van der Waals surface area contributed by atoms with Gasteiger partial charge in [0.25, 0.3) is 0 Å². The van der Waals surface area contributed by atoms with Gasteiger partial charge in [0.2, 0.25) is 0 Å². The number of para-hydroxylation sites is 1. The van der Waals surface area contributed by atoms with Gasteiger partial charge in [-0.2, -0.15) is 0 Å². The maximum atomic E-state index is 11.7. The van der Waals surface area contributed by atoms with E-state index in [1.165, 1.54) is 6.08 Å². The van der Waals surface area contributed by atoms with Gasteiger partial charge in [-0.1, -0.05) is 29.3 Å². The van der Waals surface area contributed by atoms with Crippen LogP contribution < -0.4 is 4.74 Å². The van der Waals surface area contributed by atoms with Crippen molar-refractivity contribution in [2.24, 2.45) is 0 Å². The number of halogens is 2. The van der Waals surface area contributed by atoms with Crippen LogP contribution in [0.4, 0.5) is 0 Å². The minimum atomic E-state index is -0.640. The SMILES string of the molecule is CC(Oc1c(Cl)cccc1Cl)C(=O)/C=C/N(C)C. The largest absolute Gasteiger partial charge is 0.479 e. The highest BCUT2D eigenvalue weighted by Crippen LogP contribution is 2.33. The Balaban J connectivity index is 2.76. The molecule has 0 spiro atoms. The van der Waals surface area contributed by atoms with E-state index in [9.17, 15) is 4.79 Å². The standard InChI is InChI=1S/C13H15Cl2NO2/c1-9(12(17)7-8-16(2)3)18-13-10(14)5-4-6-11(13)15/h4-9H,1-3H3/b8-7+. The number of carbonyl (C=O) groups excluding carboxylic acids is 1. The molecule has 0 bridgehead atoms. The van der Waals surface area contributed by atoms with Crippen molar-refractivity contribution in [1.82, 2.24) is 4.90 Å². The molecule has 3 nitrogen and oxygen atoms in total. The fraction of sp³-hybridized carbons (Fsp3) is 0.308. The summed E-state index contributed by atoms with van der Waals surface area (Å²) in [5, 5.41) is 0.775. The molecular weight excluding hydrogens is 273 g/mol. The predicted octanol–water partition coefficient (Wildman–Crippen LogP) is 3.41. The molecule has 0 fully saturated rings. The van der Waals surface area contributed by atoms with Crippen molar-refractivity contribution in [3.05, 3.63) is 40.5 Å². The first kappa shape index (κ1) is 14.9. The lowest BCUT2D eigenvalue weighted by atomic mass is 10.2. The van der Waals surface area contributed by atoms with Gasteiger partial charge >= 0.3 is 0 Å². The second-order valence-corrected chi connectivity index (χ2v) is 4.81. The smallest absolute Gasteiger partial charge is 0.197 e. The third-order valence-corrected chi connectivity index (χ3v) is 2.75. The maximum absolute atomic E-state index is 11.7. The Morgan fingerprint density at radius 2 is 1.89 bits per heavy atom. The number of rotatable bonds is 5. The summed E-state index contributed by atoms with van der Waals surface area (Å²) in [5.74, 6) is 0.180. The van der Waals surface area contributed by atoms with Gasteiger partial charge in [0.15, 0.2) is 17.6 Å². The summed E-state index contributed by atoms with van der Waals surface area (Å²) in [6.45, 7) is 1.65. The molecule has 5 heteroatoms. The first-order chi connectivity index (χ1) is 8.41. The molecule has 1 aromatic carbocycles. The van der Waals surface area contributed by atoms with E-state index in [-0.39, 0.29) is 5.78 Å². The molecule has 1 aromatic rings. The molecule has 0 aliphatic rings. The molecule has 0 heterocycles. The van der Waals surface area contributed by atoms with E-state index < -0.39 is 6.10 Å². The molecule has 0 N–H and O–H groups in total. The van der Waals surface area contributed by atoms with Crippen molar-refractivity contribution in [1.29, 1.82) is 0 Å². The number of hydrogen-bond acceptors (Lipinski definition) is 3. The van der Waals surface area contributed by atoms with Crippen LogP contribution in [-0.4, -0.2) is 30.9 Å². The van der Waals surface area contributed by atoms with Crippen LogP contribution in [0, 0.1) is 0 Å². The summed E-state index contributed by atoms with van der Waals surface area (Å²) in [5.41, 5.74) is 0. The Morgan fingerprint density at radius 3 is 2.39 bits per heavy atom. The van der Waals surface area contributed by atoms with Gasteiger partial charge < -0.3 is 9.64 Å². The van der Waals surface area contributed by atoms with E-state index in [0.29, 0.717) is 15.8 Å². The highest BCUT2D eigenvalue weighted by molar-refractivity contribution is 6.37. The van der Waals surface area contributed by atoms with Gasteiger partial charge in [0, 0.05) is 26.4 Å². The summed E-state index contributed by atoms with van der Waals surface area (Å²) in [6, 6.07) is 5.04. The topological polar surface area (TPSA) is 29.5 Å².